The van der Waals surface area contributed by atoms with Crippen molar-refractivity contribution in [2.45, 2.75) is 32.6 Å². The first kappa shape index (κ1) is 17.8. The number of furan rings is 1. The third-order valence-electron chi connectivity index (χ3n) is 5.40. The predicted molar refractivity (Wildman–Crippen MR) is 98.7 cm³/mol. The Balaban J connectivity index is 1.46. The summed E-state index contributed by atoms with van der Waals surface area (Å²) in [6.07, 6.45) is 6.90. The number of hydrogen-bond donors (Lipinski definition) is 1. The number of amides is 1. The Labute approximate surface area is 150 Å². The van der Waals surface area contributed by atoms with Gasteiger partial charge in [-0.15, -0.1) is 0 Å². The summed E-state index contributed by atoms with van der Waals surface area (Å²) >= 11 is 0. The zero-order chi connectivity index (χ0) is 17.6. The van der Waals surface area contributed by atoms with Crippen molar-refractivity contribution in [2.24, 2.45) is 16.8 Å². The van der Waals surface area contributed by atoms with Crippen LogP contribution in [0.1, 0.15) is 43.2 Å². The maximum atomic E-state index is 12.3. The Hall–Kier alpha value is -1.98. The molecule has 2 heterocycles. The Morgan fingerprint density at radius 1 is 1.28 bits per heavy atom. The van der Waals surface area contributed by atoms with Crippen LogP contribution in [-0.2, 0) is 0 Å². The first-order valence-corrected chi connectivity index (χ1v) is 9.45. The fourth-order valence-corrected chi connectivity index (χ4v) is 3.99. The molecule has 2 atom stereocenters. The van der Waals surface area contributed by atoms with E-state index in [1.807, 2.05) is 11.9 Å². The van der Waals surface area contributed by atoms with Gasteiger partial charge in [0, 0.05) is 39.8 Å². The predicted octanol–water partition coefficient (Wildman–Crippen LogP) is 2.44. The molecule has 25 heavy (non-hydrogen) atoms. The molecule has 1 N–H and O–H groups in total. The van der Waals surface area contributed by atoms with Crippen molar-refractivity contribution >= 4 is 11.9 Å². The standard InChI is InChI=1S/C19H30N4O2/c1-15-5-3-6-16(13-15)14-21-19(20-2)23-10-8-22(9-11-23)18(24)17-7-4-12-25-17/h4,7,12,15-16H,3,5-6,8-11,13-14H2,1-2H3,(H,20,21). The number of carbonyl (C=O) groups is 1. The lowest BCUT2D eigenvalue weighted by Crippen LogP contribution is -2.54. The number of hydrogen-bond acceptors (Lipinski definition) is 3. The van der Waals surface area contributed by atoms with E-state index in [1.54, 1.807) is 18.4 Å². The van der Waals surface area contributed by atoms with E-state index in [2.05, 4.69) is 22.1 Å². The molecule has 1 aliphatic heterocycles. The first-order valence-electron chi connectivity index (χ1n) is 9.45. The summed E-state index contributed by atoms with van der Waals surface area (Å²) in [6, 6.07) is 3.47. The molecule has 1 aromatic rings. The number of rotatable bonds is 3. The number of nitrogens with zero attached hydrogens (tertiary/aromatic N) is 3. The van der Waals surface area contributed by atoms with Crippen LogP contribution in [0, 0.1) is 11.8 Å². The van der Waals surface area contributed by atoms with Crippen LogP contribution in [0.5, 0.6) is 0 Å². The fourth-order valence-electron chi connectivity index (χ4n) is 3.99. The number of piperazine rings is 1. The average molecular weight is 346 g/mol. The first-order chi connectivity index (χ1) is 12.2. The van der Waals surface area contributed by atoms with Crippen molar-refractivity contribution in [3.8, 4) is 0 Å². The topological polar surface area (TPSA) is 61.1 Å². The minimum absolute atomic E-state index is 0.0243. The van der Waals surface area contributed by atoms with Crippen molar-refractivity contribution in [3.05, 3.63) is 24.2 Å². The van der Waals surface area contributed by atoms with Crippen LogP contribution in [-0.4, -0.2) is 61.4 Å². The average Bonchev–Trinajstić information content (AvgIpc) is 3.17. The van der Waals surface area contributed by atoms with Gasteiger partial charge in [0.15, 0.2) is 11.7 Å². The van der Waals surface area contributed by atoms with Crippen molar-refractivity contribution in [1.29, 1.82) is 0 Å². The summed E-state index contributed by atoms with van der Waals surface area (Å²) in [5.74, 6) is 2.95. The van der Waals surface area contributed by atoms with Gasteiger partial charge in [-0.1, -0.05) is 19.8 Å². The molecular formula is C19H30N4O2. The van der Waals surface area contributed by atoms with Crippen LogP contribution in [0.3, 0.4) is 0 Å². The summed E-state index contributed by atoms with van der Waals surface area (Å²) in [4.78, 5) is 20.9. The fraction of sp³-hybridized carbons (Fsp3) is 0.684. The Bertz CT molecular complexity index is 576. The van der Waals surface area contributed by atoms with Gasteiger partial charge in [-0.25, -0.2) is 0 Å². The monoisotopic (exact) mass is 346 g/mol. The molecule has 0 radical (unpaired) electrons. The maximum absolute atomic E-state index is 12.3. The summed E-state index contributed by atoms with van der Waals surface area (Å²) in [7, 11) is 1.84. The third kappa shape index (κ3) is 4.55. The SMILES string of the molecule is CN=C(NCC1CCCC(C)C1)N1CCN(C(=O)c2ccco2)CC1. The summed E-state index contributed by atoms with van der Waals surface area (Å²) in [6.45, 7) is 6.35. The van der Waals surface area contributed by atoms with Crippen LogP contribution in [0.25, 0.3) is 0 Å². The highest BCUT2D eigenvalue weighted by Gasteiger charge is 2.26. The molecule has 6 nitrogen and oxygen atoms in total. The van der Waals surface area contributed by atoms with Gasteiger partial charge in [-0.05, 0) is 36.8 Å². The van der Waals surface area contributed by atoms with Gasteiger partial charge in [0.05, 0.1) is 6.26 Å². The molecular weight excluding hydrogens is 316 g/mol. The van der Waals surface area contributed by atoms with Crippen LogP contribution >= 0.6 is 0 Å². The molecule has 1 saturated carbocycles. The molecule has 2 aliphatic rings. The molecule has 2 unspecified atom stereocenters. The van der Waals surface area contributed by atoms with Gasteiger partial charge in [0.25, 0.3) is 5.91 Å². The quantitative estimate of drug-likeness (QED) is 0.674. The second-order valence-electron chi connectivity index (χ2n) is 7.32. The van der Waals surface area contributed by atoms with E-state index >= 15 is 0 Å². The molecule has 0 bridgehead atoms. The van der Waals surface area contributed by atoms with Gasteiger partial charge in [0.1, 0.15) is 0 Å². The largest absolute Gasteiger partial charge is 0.459 e. The number of aliphatic imine (C=N–C) groups is 1. The minimum Gasteiger partial charge on any atom is -0.459 e. The van der Waals surface area contributed by atoms with Crippen molar-refractivity contribution in [1.82, 2.24) is 15.1 Å². The van der Waals surface area contributed by atoms with Crippen molar-refractivity contribution in [3.63, 3.8) is 0 Å². The lowest BCUT2D eigenvalue weighted by Gasteiger charge is -2.37. The van der Waals surface area contributed by atoms with E-state index in [1.165, 1.54) is 25.7 Å². The van der Waals surface area contributed by atoms with E-state index in [-0.39, 0.29) is 5.91 Å². The molecule has 3 rings (SSSR count). The van der Waals surface area contributed by atoms with Gasteiger partial charge >= 0.3 is 0 Å². The van der Waals surface area contributed by atoms with E-state index in [9.17, 15) is 4.79 Å². The summed E-state index contributed by atoms with van der Waals surface area (Å²) in [5, 5.41) is 3.55. The second-order valence-corrected chi connectivity index (χ2v) is 7.32. The molecule has 1 amide bonds. The van der Waals surface area contributed by atoms with E-state index < -0.39 is 0 Å². The smallest absolute Gasteiger partial charge is 0.289 e. The van der Waals surface area contributed by atoms with Gasteiger partial charge < -0.3 is 19.5 Å². The van der Waals surface area contributed by atoms with Crippen LogP contribution in [0.4, 0.5) is 0 Å². The zero-order valence-corrected chi connectivity index (χ0v) is 15.4. The van der Waals surface area contributed by atoms with Gasteiger partial charge in [-0.3, -0.25) is 9.79 Å². The molecule has 1 saturated heterocycles. The lowest BCUT2D eigenvalue weighted by molar-refractivity contribution is 0.0657. The number of nitrogens with one attached hydrogen (secondary N) is 1. The molecule has 1 aromatic heterocycles. The van der Waals surface area contributed by atoms with Crippen molar-refractivity contribution in [2.75, 3.05) is 39.8 Å². The molecule has 138 valence electrons. The van der Waals surface area contributed by atoms with Gasteiger partial charge in [0.2, 0.25) is 0 Å². The van der Waals surface area contributed by atoms with Gasteiger partial charge in [-0.2, -0.15) is 0 Å². The summed E-state index contributed by atoms with van der Waals surface area (Å²) < 4.78 is 5.22. The second kappa shape index (κ2) is 8.41. The van der Waals surface area contributed by atoms with E-state index in [0.717, 1.165) is 37.4 Å². The molecule has 1 aliphatic carbocycles. The Morgan fingerprint density at radius 3 is 2.68 bits per heavy atom. The van der Waals surface area contributed by atoms with Crippen molar-refractivity contribution < 1.29 is 9.21 Å². The highest BCUT2D eigenvalue weighted by molar-refractivity contribution is 5.91. The number of guanidine groups is 1. The van der Waals surface area contributed by atoms with Crippen LogP contribution < -0.4 is 5.32 Å². The summed E-state index contributed by atoms with van der Waals surface area (Å²) in [5.41, 5.74) is 0. The number of carbonyl (C=O) groups excluding carboxylic acids is 1. The Kier molecular flexibility index (Phi) is 6.00. The molecule has 0 spiro atoms. The highest BCUT2D eigenvalue weighted by Crippen LogP contribution is 2.27. The zero-order valence-electron chi connectivity index (χ0n) is 15.4. The molecule has 6 heteroatoms. The minimum atomic E-state index is -0.0243. The normalized spacial score (nSPS) is 25.1. The van der Waals surface area contributed by atoms with E-state index in [0.29, 0.717) is 18.8 Å². The maximum Gasteiger partial charge on any atom is 0.289 e. The highest BCUT2D eigenvalue weighted by atomic mass is 16.3. The lowest BCUT2D eigenvalue weighted by atomic mass is 9.82. The third-order valence-corrected chi connectivity index (χ3v) is 5.40. The molecule has 0 aromatic carbocycles. The molecule has 2 fully saturated rings. The van der Waals surface area contributed by atoms with Crippen LogP contribution in [0.2, 0.25) is 0 Å². The van der Waals surface area contributed by atoms with E-state index in [4.69, 9.17) is 4.42 Å². The van der Waals surface area contributed by atoms with Crippen LogP contribution in [0.15, 0.2) is 27.8 Å². The Morgan fingerprint density at radius 2 is 2.04 bits per heavy atom.